The van der Waals surface area contributed by atoms with Crippen LogP contribution in [0.4, 0.5) is 4.39 Å². The molecule has 0 bridgehead atoms. The van der Waals surface area contributed by atoms with Crippen molar-refractivity contribution in [2.75, 3.05) is 13.1 Å². The molecule has 1 aliphatic carbocycles. The molecule has 1 aliphatic heterocycles. The average molecular weight is 325 g/mol. The molecule has 3 rings (SSSR count). The van der Waals surface area contributed by atoms with Crippen LogP contribution in [-0.4, -0.2) is 29.8 Å². The molecule has 22 heavy (non-hydrogen) atoms. The summed E-state index contributed by atoms with van der Waals surface area (Å²) < 4.78 is 13.1. The smallest absolute Gasteiger partial charge is 0.255 e. The van der Waals surface area contributed by atoms with Gasteiger partial charge in [-0.25, -0.2) is 4.39 Å². The second-order valence-corrected chi connectivity index (χ2v) is 7.46. The SMILES string of the molecule is CC1(C)C[C@]2(C(N)=O)CN(C(=O)c3ccc(F)cc3Cl)C[C@H]12. The summed E-state index contributed by atoms with van der Waals surface area (Å²) in [4.78, 5) is 26.2. The Kier molecular flexibility index (Phi) is 3.25. The van der Waals surface area contributed by atoms with E-state index in [1.165, 1.54) is 12.1 Å². The van der Waals surface area contributed by atoms with Crippen LogP contribution < -0.4 is 5.73 Å². The first-order valence-corrected chi connectivity index (χ1v) is 7.59. The lowest BCUT2D eigenvalue weighted by atomic mass is 9.48. The maximum atomic E-state index is 13.1. The van der Waals surface area contributed by atoms with Gasteiger partial charge in [0, 0.05) is 13.1 Å². The van der Waals surface area contributed by atoms with E-state index >= 15 is 0 Å². The number of hydrogen-bond donors (Lipinski definition) is 1. The second kappa shape index (κ2) is 4.69. The van der Waals surface area contributed by atoms with Crippen molar-refractivity contribution in [3.63, 3.8) is 0 Å². The van der Waals surface area contributed by atoms with Gasteiger partial charge in [-0.3, -0.25) is 9.59 Å². The van der Waals surface area contributed by atoms with E-state index in [2.05, 4.69) is 13.8 Å². The number of hydrogen-bond acceptors (Lipinski definition) is 2. The van der Waals surface area contributed by atoms with Crippen molar-refractivity contribution in [3.8, 4) is 0 Å². The van der Waals surface area contributed by atoms with Crippen LogP contribution in [-0.2, 0) is 4.79 Å². The molecule has 2 N–H and O–H groups in total. The van der Waals surface area contributed by atoms with Gasteiger partial charge in [0.1, 0.15) is 5.82 Å². The van der Waals surface area contributed by atoms with Gasteiger partial charge in [0.2, 0.25) is 5.91 Å². The van der Waals surface area contributed by atoms with Crippen LogP contribution in [0.25, 0.3) is 0 Å². The molecule has 0 spiro atoms. The summed E-state index contributed by atoms with van der Waals surface area (Å²) in [5.74, 6) is -1.06. The lowest BCUT2D eigenvalue weighted by Gasteiger charge is -2.54. The van der Waals surface area contributed by atoms with Gasteiger partial charge in [-0.1, -0.05) is 25.4 Å². The Bertz CT molecular complexity index is 676. The molecule has 1 heterocycles. The zero-order valence-corrected chi connectivity index (χ0v) is 13.3. The van der Waals surface area contributed by atoms with Gasteiger partial charge in [0.15, 0.2) is 0 Å². The van der Waals surface area contributed by atoms with E-state index in [1.807, 2.05) is 0 Å². The maximum Gasteiger partial charge on any atom is 0.255 e. The van der Waals surface area contributed by atoms with E-state index in [0.29, 0.717) is 19.5 Å². The maximum absolute atomic E-state index is 13.1. The molecule has 0 unspecified atom stereocenters. The monoisotopic (exact) mass is 324 g/mol. The van der Waals surface area contributed by atoms with Crippen LogP contribution in [0.2, 0.25) is 5.02 Å². The number of primary amides is 1. The molecule has 1 aromatic carbocycles. The van der Waals surface area contributed by atoms with Crippen LogP contribution >= 0.6 is 11.6 Å². The molecule has 1 aromatic rings. The highest BCUT2D eigenvalue weighted by Crippen LogP contribution is 2.62. The molecule has 2 aliphatic rings. The van der Waals surface area contributed by atoms with Gasteiger partial charge in [0.25, 0.3) is 5.91 Å². The van der Waals surface area contributed by atoms with Gasteiger partial charge in [-0.05, 0) is 36.0 Å². The minimum atomic E-state index is -0.633. The third kappa shape index (κ3) is 2.02. The molecule has 0 radical (unpaired) electrons. The molecule has 1 saturated heterocycles. The van der Waals surface area contributed by atoms with Gasteiger partial charge < -0.3 is 10.6 Å². The number of rotatable bonds is 2. The molecular formula is C16H18ClFN2O2. The summed E-state index contributed by atoms with van der Waals surface area (Å²) in [7, 11) is 0. The molecule has 6 heteroatoms. The van der Waals surface area contributed by atoms with Gasteiger partial charge in [0.05, 0.1) is 16.0 Å². The van der Waals surface area contributed by atoms with Crippen molar-refractivity contribution >= 4 is 23.4 Å². The van der Waals surface area contributed by atoms with Crippen molar-refractivity contribution in [1.29, 1.82) is 0 Å². The fraction of sp³-hybridized carbons (Fsp3) is 0.500. The van der Waals surface area contributed by atoms with Crippen molar-refractivity contribution < 1.29 is 14.0 Å². The standard InChI is InChI=1S/C16H18ClFN2O2/c1-15(2)7-16(14(19)22)8-20(6-12(15)16)13(21)10-4-3-9(18)5-11(10)17/h3-5,12H,6-8H2,1-2H3,(H2,19,22)/t12-,16+/m1/s1. The van der Waals surface area contributed by atoms with E-state index in [-0.39, 0.29) is 33.7 Å². The number of carbonyl (C=O) groups excluding carboxylic acids is 2. The Balaban J connectivity index is 1.88. The summed E-state index contributed by atoms with van der Waals surface area (Å²) in [6, 6.07) is 3.70. The van der Waals surface area contributed by atoms with Crippen LogP contribution in [0.1, 0.15) is 30.6 Å². The van der Waals surface area contributed by atoms with Crippen molar-refractivity contribution in [2.24, 2.45) is 22.5 Å². The lowest BCUT2D eigenvalue weighted by Crippen LogP contribution is -2.59. The topological polar surface area (TPSA) is 63.4 Å². The molecule has 4 nitrogen and oxygen atoms in total. The summed E-state index contributed by atoms with van der Waals surface area (Å²) >= 11 is 5.97. The third-order valence-corrected chi connectivity index (χ3v) is 5.51. The number of amides is 2. The predicted octanol–water partition coefficient (Wildman–Crippen LogP) is 2.45. The van der Waals surface area contributed by atoms with Crippen molar-refractivity contribution in [3.05, 3.63) is 34.6 Å². The zero-order valence-electron chi connectivity index (χ0n) is 12.5. The molecule has 2 fully saturated rings. The Labute approximate surface area is 133 Å². The highest BCUT2D eigenvalue weighted by atomic mass is 35.5. The van der Waals surface area contributed by atoms with Crippen LogP contribution in [0.3, 0.4) is 0 Å². The molecule has 118 valence electrons. The highest BCUT2D eigenvalue weighted by Gasteiger charge is 2.66. The van der Waals surface area contributed by atoms with E-state index in [1.54, 1.807) is 4.90 Å². The lowest BCUT2D eigenvalue weighted by molar-refractivity contribution is -0.148. The van der Waals surface area contributed by atoms with E-state index in [4.69, 9.17) is 17.3 Å². The summed E-state index contributed by atoms with van der Waals surface area (Å²) in [5.41, 5.74) is 5.19. The third-order valence-electron chi connectivity index (χ3n) is 5.20. The normalized spacial score (nSPS) is 28.9. The Morgan fingerprint density at radius 1 is 1.41 bits per heavy atom. The Hall–Kier alpha value is -1.62. The molecular weight excluding hydrogens is 307 g/mol. The fourth-order valence-corrected chi connectivity index (χ4v) is 4.46. The number of halogens is 2. The Morgan fingerprint density at radius 2 is 2.09 bits per heavy atom. The minimum absolute atomic E-state index is 0.0172. The van der Waals surface area contributed by atoms with Gasteiger partial charge in [-0.2, -0.15) is 0 Å². The molecule has 0 aromatic heterocycles. The zero-order chi connectivity index (χ0) is 16.3. The second-order valence-electron chi connectivity index (χ2n) is 7.05. The van der Waals surface area contributed by atoms with Crippen LogP contribution in [0.5, 0.6) is 0 Å². The average Bonchev–Trinajstić information content (AvgIpc) is 2.74. The van der Waals surface area contributed by atoms with E-state index < -0.39 is 11.2 Å². The first-order valence-electron chi connectivity index (χ1n) is 7.22. The van der Waals surface area contributed by atoms with Crippen molar-refractivity contribution in [1.82, 2.24) is 4.90 Å². The largest absolute Gasteiger partial charge is 0.369 e. The summed E-state index contributed by atoms with van der Waals surface area (Å²) in [5, 5.41) is 0.0802. The Morgan fingerprint density at radius 3 is 2.59 bits per heavy atom. The predicted molar refractivity (Wildman–Crippen MR) is 80.8 cm³/mol. The van der Waals surface area contributed by atoms with Crippen molar-refractivity contribution in [2.45, 2.75) is 20.3 Å². The van der Waals surface area contributed by atoms with Crippen LogP contribution in [0, 0.1) is 22.6 Å². The molecule has 2 amide bonds. The highest BCUT2D eigenvalue weighted by molar-refractivity contribution is 6.33. The number of likely N-dealkylation sites (tertiary alicyclic amines) is 1. The minimum Gasteiger partial charge on any atom is -0.369 e. The van der Waals surface area contributed by atoms with E-state index in [0.717, 1.165) is 6.07 Å². The first-order chi connectivity index (χ1) is 10.2. The number of fused-ring (bicyclic) bond motifs is 1. The van der Waals surface area contributed by atoms with Gasteiger partial charge in [-0.15, -0.1) is 0 Å². The van der Waals surface area contributed by atoms with E-state index in [9.17, 15) is 14.0 Å². The first kappa shape index (κ1) is 15.3. The number of nitrogens with zero attached hydrogens (tertiary/aromatic N) is 1. The number of carbonyl (C=O) groups is 2. The fourth-order valence-electron chi connectivity index (χ4n) is 4.21. The van der Waals surface area contributed by atoms with Gasteiger partial charge >= 0.3 is 0 Å². The molecule has 2 atom stereocenters. The van der Waals surface area contributed by atoms with Crippen LogP contribution in [0.15, 0.2) is 18.2 Å². The quantitative estimate of drug-likeness (QED) is 0.908. The molecule has 1 saturated carbocycles. The number of benzene rings is 1. The summed E-state index contributed by atoms with van der Waals surface area (Å²) in [6.07, 6.45) is 0.681. The summed E-state index contributed by atoms with van der Waals surface area (Å²) in [6.45, 7) is 4.95. The number of nitrogens with two attached hydrogens (primary N) is 1.